The molecule has 17 heavy (non-hydrogen) atoms. The molecule has 1 aromatic carbocycles. The fourth-order valence-corrected chi connectivity index (χ4v) is 1.94. The Morgan fingerprint density at radius 3 is 2.06 bits per heavy atom. The Morgan fingerprint density at radius 1 is 1.00 bits per heavy atom. The van der Waals surface area contributed by atoms with Gasteiger partial charge < -0.3 is 5.11 Å². The smallest absolute Gasteiger partial charge is 0.0537 e. The van der Waals surface area contributed by atoms with Crippen molar-refractivity contribution in [2.24, 2.45) is 5.92 Å². The molecule has 2 atom stereocenters. The summed E-state index contributed by atoms with van der Waals surface area (Å²) in [5.74, 6) is 1.02. The Balaban J connectivity index is 2.37. The molecule has 0 aliphatic carbocycles. The van der Waals surface area contributed by atoms with Gasteiger partial charge in [0, 0.05) is 0 Å². The molecule has 0 radical (unpaired) electrons. The fraction of sp³-hybridized carbons (Fsp3) is 0.625. The highest BCUT2D eigenvalue weighted by molar-refractivity contribution is 5.24. The van der Waals surface area contributed by atoms with E-state index in [0.717, 1.165) is 19.3 Å². The summed E-state index contributed by atoms with van der Waals surface area (Å²) in [6, 6.07) is 8.95. The molecule has 0 aromatic heterocycles. The SMILES string of the molecule is CC(C)c1ccc(CCCC(C)C(C)O)cc1. The first-order valence-electron chi connectivity index (χ1n) is 6.77. The van der Waals surface area contributed by atoms with Gasteiger partial charge in [0.25, 0.3) is 0 Å². The first kappa shape index (κ1) is 14.2. The molecule has 0 saturated heterocycles. The normalized spacial score (nSPS) is 14.9. The molecule has 2 unspecified atom stereocenters. The Morgan fingerprint density at radius 2 is 1.59 bits per heavy atom. The predicted octanol–water partition coefficient (Wildman–Crippen LogP) is 4.15. The maximum atomic E-state index is 9.42. The van der Waals surface area contributed by atoms with E-state index in [1.54, 1.807) is 0 Å². The van der Waals surface area contributed by atoms with Crippen molar-refractivity contribution in [3.8, 4) is 0 Å². The third-order valence-electron chi connectivity index (χ3n) is 3.59. The van der Waals surface area contributed by atoms with Gasteiger partial charge in [-0.15, -0.1) is 0 Å². The summed E-state index contributed by atoms with van der Waals surface area (Å²) >= 11 is 0. The molecule has 1 N–H and O–H groups in total. The monoisotopic (exact) mass is 234 g/mol. The topological polar surface area (TPSA) is 20.2 Å². The number of aliphatic hydroxyl groups excluding tert-OH is 1. The quantitative estimate of drug-likeness (QED) is 0.784. The van der Waals surface area contributed by atoms with Gasteiger partial charge in [0.2, 0.25) is 0 Å². The van der Waals surface area contributed by atoms with Crippen LogP contribution in [-0.4, -0.2) is 11.2 Å². The molecular weight excluding hydrogens is 208 g/mol. The zero-order chi connectivity index (χ0) is 12.8. The predicted molar refractivity (Wildman–Crippen MR) is 74.3 cm³/mol. The summed E-state index contributed by atoms with van der Waals surface area (Å²) in [6.45, 7) is 8.44. The lowest BCUT2D eigenvalue weighted by Crippen LogP contribution is -2.12. The largest absolute Gasteiger partial charge is 0.393 e. The number of hydrogen-bond donors (Lipinski definition) is 1. The van der Waals surface area contributed by atoms with Crippen LogP contribution in [0.2, 0.25) is 0 Å². The lowest BCUT2D eigenvalue weighted by molar-refractivity contribution is 0.129. The van der Waals surface area contributed by atoms with Gasteiger partial charge in [-0.25, -0.2) is 0 Å². The zero-order valence-corrected chi connectivity index (χ0v) is 11.6. The molecular formula is C16H26O. The van der Waals surface area contributed by atoms with Crippen LogP contribution in [0.5, 0.6) is 0 Å². The van der Waals surface area contributed by atoms with Crippen LogP contribution < -0.4 is 0 Å². The highest BCUT2D eigenvalue weighted by Gasteiger charge is 2.08. The van der Waals surface area contributed by atoms with Crippen molar-refractivity contribution in [3.63, 3.8) is 0 Å². The van der Waals surface area contributed by atoms with Crippen molar-refractivity contribution in [3.05, 3.63) is 35.4 Å². The van der Waals surface area contributed by atoms with E-state index in [1.807, 2.05) is 6.92 Å². The maximum Gasteiger partial charge on any atom is 0.0537 e. The molecule has 0 aliphatic rings. The van der Waals surface area contributed by atoms with Crippen molar-refractivity contribution in [2.45, 2.75) is 59.0 Å². The number of hydrogen-bond acceptors (Lipinski definition) is 1. The van der Waals surface area contributed by atoms with E-state index < -0.39 is 0 Å². The molecule has 1 aromatic rings. The van der Waals surface area contributed by atoms with Crippen LogP contribution in [0.1, 0.15) is 57.6 Å². The summed E-state index contributed by atoms with van der Waals surface area (Å²) in [5.41, 5.74) is 2.82. The number of benzene rings is 1. The van der Waals surface area contributed by atoms with Gasteiger partial charge in [0.05, 0.1) is 6.10 Å². The highest BCUT2D eigenvalue weighted by atomic mass is 16.3. The van der Waals surface area contributed by atoms with Crippen molar-refractivity contribution >= 4 is 0 Å². The van der Waals surface area contributed by atoms with Crippen LogP contribution in [0, 0.1) is 5.92 Å². The van der Waals surface area contributed by atoms with Crippen molar-refractivity contribution < 1.29 is 5.11 Å². The number of aryl methyl sites for hydroxylation is 1. The van der Waals surface area contributed by atoms with Crippen LogP contribution in [0.4, 0.5) is 0 Å². The van der Waals surface area contributed by atoms with Crippen LogP contribution in [0.25, 0.3) is 0 Å². The number of rotatable bonds is 6. The summed E-state index contributed by atoms with van der Waals surface area (Å²) in [4.78, 5) is 0. The van der Waals surface area contributed by atoms with E-state index in [9.17, 15) is 5.11 Å². The molecule has 0 bridgehead atoms. The Kier molecular flexibility index (Phi) is 5.70. The second-order valence-corrected chi connectivity index (χ2v) is 5.51. The van der Waals surface area contributed by atoms with E-state index in [-0.39, 0.29) is 6.10 Å². The first-order chi connectivity index (χ1) is 8.00. The molecule has 0 heterocycles. The van der Waals surface area contributed by atoms with Gasteiger partial charge in [-0.3, -0.25) is 0 Å². The van der Waals surface area contributed by atoms with E-state index >= 15 is 0 Å². The molecule has 0 amide bonds. The summed E-state index contributed by atoms with van der Waals surface area (Å²) in [5, 5.41) is 9.42. The van der Waals surface area contributed by atoms with E-state index in [4.69, 9.17) is 0 Å². The van der Waals surface area contributed by atoms with E-state index in [1.165, 1.54) is 11.1 Å². The van der Waals surface area contributed by atoms with Crippen LogP contribution >= 0.6 is 0 Å². The summed E-state index contributed by atoms with van der Waals surface area (Å²) in [6.07, 6.45) is 3.20. The highest BCUT2D eigenvalue weighted by Crippen LogP contribution is 2.17. The van der Waals surface area contributed by atoms with Gasteiger partial charge in [-0.05, 0) is 49.1 Å². The third kappa shape index (κ3) is 4.91. The molecule has 0 aliphatic heterocycles. The minimum absolute atomic E-state index is 0.182. The van der Waals surface area contributed by atoms with Gasteiger partial charge in [0.1, 0.15) is 0 Å². The van der Waals surface area contributed by atoms with Crippen molar-refractivity contribution in [1.82, 2.24) is 0 Å². The van der Waals surface area contributed by atoms with Crippen molar-refractivity contribution in [1.29, 1.82) is 0 Å². The third-order valence-corrected chi connectivity index (χ3v) is 3.59. The first-order valence-corrected chi connectivity index (χ1v) is 6.77. The van der Waals surface area contributed by atoms with Gasteiger partial charge >= 0.3 is 0 Å². The molecule has 96 valence electrons. The Bertz CT molecular complexity index is 311. The lowest BCUT2D eigenvalue weighted by Gasteiger charge is -2.14. The zero-order valence-electron chi connectivity index (χ0n) is 11.6. The molecule has 0 spiro atoms. The molecule has 1 rings (SSSR count). The second kappa shape index (κ2) is 6.80. The fourth-order valence-electron chi connectivity index (χ4n) is 1.94. The van der Waals surface area contributed by atoms with E-state index in [2.05, 4.69) is 45.0 Å². The van der Waals surface area contributed by atoms with Gasteiger partial charge in [-0.1, -0.05) is 45.0 Å². The molecule has 1 heteroatoms. The van der Waals surface area contributed by atoms with Crippen LogP contribution in [-0.2, 0) is 6.42 Å². The second-order valence-electron chi connectivity index (χ2n) is 5.51. The Hall–Kier alpha value is -0.820. The minimum Gasteiger partial charge on any atom is -0.393 e. The van der Waals surface area contributed by atoms with Crippen molar-refractivity contribution in [2.75, 3.05) is 0 Å². The standard InChI is InChI=1S/C16H26O/c1-12(2)16-10-8-15(9-11-16)7-5-6-13(3)14(4)17/h8-14,17H,5-7H2,1-4H3. The minimum atomic E-state index is -0.182. The average molecular weight is 234 g/mol. The van der Waals surface area contributed by atoms with E-state index in [0.29, 0.717) is 11.8 Å². The summed E-state index contributed by atoms with van der Waals surface area (Å²) < 4.78 is 0. The molecule has 0 fully saturated rings. The molecule has 0 saturated carbocycles. The van der Waals surface area contributed by atoms with Gasteiger partial charge in [0.15, 0.2) is 0 Å². The Labute approximate surface area is 106 Å². The average Bonchev–Trinajstić information content (AvgIpc) is 2.29. The van der Waals surface area contributed by atoms with Crippen LogP contribution in [0.15, 0.2) is 24.3 Å². The van der Waals surface area contributed by atoms with Gasteiger partial charge in [-0.2, -0.15) is 0 Å². The lowest BCUT2D eigenvalue weighted by atomic mass is 9.96. The maximum absolute atomic E-state index is 9.42. The summed E-state index contributed by atoms with van der Waals surface area (Å²) in [7, 11) is 0. The van der Waals surface area contributed by atoms with Crippen LogP contribution in [0.3, 0.4) is 0 Å². The number of aliphatic hydroxyl groups is 1. The molecule has 1 nitrogen and oxygen atoms in total.